The van der Waals surface area contributed by atoms with Crippen molar-refractivity contribution in [2.45, 2.75) is 12.2 Å². The number of alkyl halides is 3. The van der Waals surface area contributed by atoms with Gasteiger partial charge in [-0.2, -0.15) is 13.2 Å². The van der Waals surface area contributed by atoms with Crippen LogP contribution in [-0.4, -0.2) is 6.54 Å². The molecule has 0 radical (unpaired) electrons. The number of hydrogen-bond acceptors (Lipinski definition) is 3. The number of benzene rings is 1. The molecule has 0 heterocycles. The summed E-state index contributed by atoms with van der Waals surface area (Å²) in [6, 6.07) is 0.127. The summed E-state index contributed by atoms with van der Waals surface area (Å²) in [4.78, 5) is 0. The molecule has 0 unspecified atom stereocenters. The van der Waals surface area contributed by atoms with Crippen LogP contribution in [0.2, 0.25) is 0 Å². The predicted molar refractivity (Wildman–Crippen MR) is 51.8 cm³/mol. The van der Waals surface area contributed by atoms with Crippen LogP contribution < -0.4 is 17.2 Å². The molecule has 3 nitrogen and oxygen atoms in total. The Morgan fingerprint density at radius 1 is 1.25 bits per heavy atom. The minimum atomic E-state index is -4.63. The molecular weight excluding hydrogens is 226 g/mol. The Morgan fingerprint density at radius 3 is 2.25 bits per heavy atom. The van der Waals surface area contributed by atoms with Crippen molar-refractivity contribution in [3.63, 3.8) is 0 Å². The van der Waals surface area contributed by atoms with E-state index >= 15 is 0 Å². The molecule has 0 aliphatic heterocycles. The van der Waals surface area contributed by atoms with Crippen molar-refractivity contribution in [3.8, 4) is 0 Å². The van der Waals surface area contributed by atoms with E-state index in [0.717, 1.165) is 0 Å². The Morgan fingerprint density at radius 2 is 1.81 bits per heavy atom. The molecule has 1 atom stereocenters. The number of halogens is 4. The Labute approximate surface area is 89.2 Å². The second kappa shape index (κ2) is 4.26. The third-order valence-corrected chi connectivity index (χ3v) is 2.13. The topological polar surface area (TPSA) is 78.1 Å². The molecule has 0 fully saturated rings. The van der Waals surface area contributed by atoms with Crippen LogP contribution in [-0.2, 0) is 6.18 Å². The summed E-state index contributed by atoms with van der Waals surface area (Å²) in [5, 5.41) is 0. The maximum Gasteiger partial charge on any atom is 0.416 e. The first-order chi connectivity index (χ1) is 7.27. The minimum Gasteiger partial charge on any atom is -0.396 e. The molecular formula is C9H11F4N3. The fourth-order valence-electron chi connectivity index (χ4n) is 1.28. The molecule has 90 valence electrons. The van der Waals surface area contributed by atoms with Gasteiger partial charge in [-0.15, -0.1) is 0 Å². The number of rotatable bonds is 2. The highest BCUT2D eigenvalue weighted by atomic mass is 19.4. The van der Waals surface area contributed by atoms with E-state index in [2.05, 4.69) is 0 Å². The van der Waals surface area contributed by atoms with Crippen molar-refractivity contribution in [1.29, 1.82) is 0 Å². The molecule has 0 spiro atoms. The van der Waals surface area contributed by atoms with Crippen molar-refractivity contribution >= 4 is 5.69 Å². The summed E-state index contributed by atoms with van der Waals surface area (Å²) < 4.78 is 50.8. The second-order valence-corrected chi connectivity index (χ2v) is 3.30. The normalized spacial score (nSPS) is 13.9. The fourth-order valence-corrected chi connectivity index (χ4v) is 1.28. The number of anilines is 1. The molecule has 1 aromatic rings. The number of hydrogen-bond donors (Lipinski definition) is 3. The summed E-state index contributed by atoms with van der Waals surface area (Å²) in [5.74, 6) is -0.938. The molecule has 0 bridgehead atoms. The molecule has 0 aliphatic rings. The molecule has 0 saturated carbocycles. The van der Waals surface area contributed by atoms with Gasteiger partial charge in [-0.1, -0.05) is 0 Å². The molecule has 0 saturated heterocycles. The first-order valence-corrected chi connectivity index (χ1v) is 4.39. The zero-order valence-electron chi connectivity index (χ0n) is 8.18. The highest BCUT2D eigenvalue weighted by Gasteiger charge is 2.35. The molecule has 7 heteroatoms. The number of nitrogen functional groups attached to an aromatic ring is 1. The summed E-state index contributed by atoms with van der Waals surface area (Å²) >= 11 is 0. The van der Waals surface area contributed by atoms with E-state index in [4.69, 9.17) is 17.2 Å². The quantitative estimate of drug-likeness (QED) is 0.537. The van der Waals surface area contributed by atoms with Gasteiger partial charge in [0.15, 0.2) is 0 Å². The van der Waals surface area contributed by atoms with Crippen molar-refractivity contribution in [2.24, 2.45) is 11.5 Å². The Kier molecular flexibility index (Phi) is 3.39. The van der Waals surface area contributed by atoms with Gasteiger partial charge in [0.2, 0.25) is 0 Å². The van der Waals surface area contributed by atoms with Crippen molar-refractivity contribution < 1.29 is 17.6 Å². The van der Waals surface area contributed by atoms with Crippen molar-refractivity contribution in [3.05, 3.63) is 29.1 Å². The van der Waals surface area contributed by atoms with Crippen LogP contribution in [0.25, 0.3) is 0 Å². The van der Waals surface area contributed by atoms with E-state index in [1.54, 1.807) is 0 Å². The summed E-state index contributed by atoms with van der Waals surface area (Å²) in [5.41, 5.74) is 13.6. The van der Waals surface area contributed by atoms with Crippen molar-refractivity contribution in [1.82, 2.24) is 0 Å². The van der Waals surface area contributed by atoms with Crippen molar-refractivity contribution in [2.75, 3.05) is 12.3 Å². The zero-order valence-corrected chi connectivity index (χ0v) is 8.18. The first kappa shape index (κ1) is 12.7. The zero-order chi connectivity index (χ0) is 12.5. The van der Waals surface area contributed by atoms with Gasteiger partial charge >= 0.3 is 6.18 Å². The van der Waals surface area contributed by atoms with Gasteiger partial charge in [-0.3, -0.25) is 0 Å². The first-order valence-electron chi connectivity index (χ1n) is 4.39. The Balaban J connectivity index is 3.39. The van der Waals surface area contributed by atoms with Crippen LogP contribution in [0.5, 0.6) is 0 Å². The van der Waals surface area contributed by atoms with Gasteiger partial charge in [0, 0.05) is 12.6 Å². The van der Waals surface area contributed by atoms with Gasteiger partial charge in [-0.25, -0.2) is 4.39 Å². The Bertz CT molecular complexity index is 389. The predicted octanol–water partition coefficient (Wildman–Crippen LogP) is 1.39. The largest absolute Gasteiger partial charge is 0.416 e. The van der Waals surface area contributed by atoms with E-state index in [0.29, 0.717) is 12.1 Å². The molecule has 6 N–H and O–H groups in total. The Hall–Kier alpha value is -1.34. The molecule has 0 aliphatic carbocycles. The molecule has 0 aromatic heterocycles. The van der Waals surface area contributed by atoms with Crippen LogP contribution in [0, 0.1) is 5.82 Å². The highest BCUT2D eigenvalue weighted by Crippen LogP contribution is 2.36. The molecule has 1 rings (SSSR count). The lowest BCUT2D eigenvalue weighted by molar-refractivity contribution is -0.138. The number of nitrogens with two attached hydrogens (primary N) is 3. The average molecular weight is 237 g/mol. The standard InChI is InChI=1S/C9H11F4N3/c10-6-1-4(8(16)3-14)5(2-7(6)15)9(11,12)13/h1-2,8H,3,14-16H2/t8-/m1/s1. The van der Waals surface area contributed by atoms with E-state index in [-0.39, 0.29) is 12.1 Å². The van der Waals surface area contributed by atoms with Gasteiger partial charge < -0.3 is 17.2 Å². The maximum atomic E-state index is 13.1. The lowest BCUT2D eigenvalue weighted by Crippen LogP contribution is -2.24. The fraction of sp³-hybridized carbons (Fsp3) is 0.333. The van der Waals surface area contributed by atoms with Crippen LogP contribution in [0.1, 0.15) is 17.2 Å². The lowest BCUT2D eigenvalue weighted by atomic mass is 9.99. The second-order valence-electron chi connectivity index (χ2n) is 3.30. The van der Waals surface area contributed by atoms with E-state index in [9.17, 15) is 17.6 Å². The highest BCUT2D eigenvalue weighted by molar-refractivity contribution is 5.48. The van der Waals surface area contributed by atoms with Gasteiger partial charge in [0.05, 0.1) is 11.3 Å². The third kappa shape index (κ3) is 2.42. The monoisotopic (exact) mass is 237 g/mol. The lowest BCUT2D eigenvalue weighted by Gasteiger charge is -2.18. The van der Waals surface area contributed by atoms with Crippen LogP contribution in [0.3, 0.4) is 0 Å². The molecule has 0 amide bonds. The van der Waals surface area contributed by atoms with E-state index < -0.39 is 29.3 Å². The van der Waals surface area contributed by atoms with Gasteiger partial charge in [0.1, 0.15) is 5.82 Å². The van der Waals surface area contributed by atoms with Gasteiger partial charge in [0.25, 0.3) is 0 Å². The minimum absolute atomic E-state index is 0.216. The molecule has 16 heavy (non-hydrogen) atoms. The SMILES string of the molecule is NC[C@@H](N)c1cc(F)c(N)cc1C(F)(F)F. The molecule has 1 aromatic carbocycles. The van der Waals surface area contributed by atoms with Crippen LogP contribution in [0.15, 0.2) is 12.1 Å². The summed E-state index contributed by atoms with van der Waals surface area (Å²) in [6.07, 6.45) is -4.63. The maximum absolute atomic E-state index is 13.1. The smallest absolute Gasteiger partial charge is 0.396 e. The summed E-state index contributed by atoms with van der Waals surface area (Å²) in [6.45, 7) is -0.216. The average Bonchev–Trinajstić information content (AvgIpc) is 2.18. The van der Waals surface area contributed by atoms with Crippen LogP contribution in [0.4, 0.5) is 23.2 Å². The third-order valence-electron chi connectivity index (χ3n) is 2.13. The van der Waals surface area contributed by atoms with Gasteiger partial charge in [-0.05, 0) is 17.7 Å². The summed E-state index contributed by atoms with van der Waals surface area (Å²) in [7, 11) is 0. The van der Waals surface area contributed by atoms with Crippen LogP contribution >= 0.6 is 0 Å². The van der Waals surface area contributed by atoms with E-state index in [1.165, 1.54) is 0 Å². The van der Waals surface area contributed by atoms with E-state index in [1.807, 2.05) is 0 Å².